The van der Waals surface area contributed by atoms with E-state index in [0.29, 0.717) is 13.0 Å². The summed E-state index contributed by atoms with van der Waals surface area (Å²) in [5.74, 6) is 4.21. The zero-order valence-corrected chi connectivity index (χ0v) is 7.09. The Balaban J connectivity index is 3.25. The SMILES string of the molecule is CC#CC(=O)OCCCCC#N. The Kier molecular flexibility index (Phi) is 6.68. The molecule has 0 aromatic heterocycles. The van der Waals surface area contributed by atoms with Gasteiger partial charge in [-0.2, -0.15) is 5.26 Å². The van der Waals surface area contributed by atoms with Crippen LogP contribution in [0.2, 0.25) is 0 Å². The second kappa shape index (κ2) is 7.63. The van der Waals surface area contributed by atoms with Crippen LogP contribution in [0.4, 0.5) is 0 Å². The van der Waals surface area contributed by atoms with E-state index in [1.54, 1.807) is 6.92 Å². The Labute approximate surface area is 72.3 Å². The van der Waals surface area contributed by atoms with E-state index in [1.165, 1.54) is 0 Å². The van der Waals surface area contributed by atoms with Gasteiger partial charge in [-0.3, -0.25) is 0 Å². The summed E-state index contributed by atoms with van der Waals surface area (Å²) in [6.07, 6.45) is 2.00. The van der Waals surface area contributed by atoms with Gasteiger partial charge in [-0.25, -0.2) is 4.79 Å². The van der Waals surface area contributed by atoms with Crippen LogP contribution in [0.3, 0.4) is 0 Å². The lowest BCUT2D eigenvalue weighted by Crippen LogP contribution is -2.02. The predicted octanol–water partition coefficient (Wildman–Crippen LogP) is 1.25. The fourth-order valence-electron chi connectivity index (χ4n) is 0.609. The molecule has 0 atom stereocenters. The number of rotatable bonds is 4. The molecule has 0 rings (SSSR count). The summed E-state index contributed by atoms with van der Waals surface area (Å²) < 4.78 is 4.71. The monoisotopic (exact) mass is 165 g/mol. The van der Waals surface area contributed by atoms with Gasteiger partial charge in [-0.05, 0) is 19.8 Å². The molecule has 3 heteroatoms. The van der Waals surface area contributed by atoms with E-state index < -0.39 is 5.97 Å². The maximum atomic E-state index is 10.6. The second-order valence-electron chi connectivity index (χ2n) is 2.13. The lowest BCUT2D eigenvalue weighted by atomic mass is 10.3. The highest BCUT2D eigenvalue weighted by molar-refractivity contribution is 5.88. The Bertz CT molecular complexity index is 229. The first-order valence-corrected chi connectivity index (χ1v) is 3.77. The molecule has 64 valence electrons. The van der Waals surface area contributed by atoms with Gasteiger partial charge in [0.1, 0.15) is 0 Å². The molecule has 12 heavy (non-hydrogen) atoms. The number of unbranched alkanes of at least 4 members (excludes halogenated alkanes) is 2. The molecule has 0 saturated carbocycles. The van der Waals surface area contributed by atoms with Crippen LogP contribution >= 0.6 is 0 Å². The maximum absolute atomic E-state index is 10.6. The molecule has 3 nitrogen and oxygen atoms in total. The summed E-state index contributed by atoms with van der Waals surface area (Å²) in [5.41, 5.74) is 0. The van der Waals surface area contributed by atoms with Crippen LogP contribution in [-0.4, -0.2) is 12.6 Å². The number of hydrogen-bond acceptors (Lipinski definition) is 3. The first-order valence-electron chi connectivity index (χ1n) is 3.77. The Morgan fingerprint density at radius 2 is 2.25 bits per heavy atom. The van der Waals surface area contributed by atoms with Gasteiger partial charge in [0.25, 0.3) is 0 Å². The van der Waals surface area contributed by atoms with Crippen molar-refractivity contribution in [2.75, 3.05) is 6.61 Å². The molecule has 0 aliphatic rings. The van der Waals surface area contributed by atoms with E-state index in [4.69, 9.17) is 10.00 Å². The lowest BCUT2D eigenvalue weighted by molar-refractivity contribution is -0.136. The van der Waals surface area contributed by atoms with Crippen molar-refractivity contribution in [1.29, 1.82) is 5.26 Å². The number of ether oxygens (including phenoxy) is 1. The summed E-state index contributed by atoms with van der Waals surface area (Å²) in [7, 11) is 0. The summed E-state index contributed by atoms with van der Waals surface area (Å²) in [5, 5.41) is 8.18. The molecule has 0 fully saturated rings. The number of carbonyl (C=O) groups is 1. The van der Waals surface area contributed by atoms with E-state index in [-0.39, 0.29) is 0 Å². The summed E-state index contributed by atoms with van der Waals surface area (Å²) in [6, 6.07) is 2.01. The molecule has 0 radical (unpaired) electrons. The highest BCUT2D eigenvalue weighted by Gasteiger charge is 1.94. The minimum atomic E-state index is -0.491. The second-order valence-corrected chi connectivity index (χ2v) is 2.13. The molecule has 0 spiro atoms. The van der Waals surface area contributed by atoms with Crippen molar-refractivity contribution in [2.45, 2.75) is 26.2 Å². The maximum Gasteiger partial charge on any atom is 0.384 e. The zero-order chi connectivity index (χ0) is 9.23. The van der Waals surface area contributed by atoms with Crippen molar-refractivity contribution in [1.82, 2.24) is 0 Å². The quantitative estimate of drug-likeness (QED) is 0.272. The molecule has 0 heterocycles. The largest absolute Gasteiger partial charge is 0.456 e. The molecular weight excluding hydrogens is 154 g/mol. The van der Waals surface area contributed by atoms with Crippen LogP contribution in [0.5, 0.6) is 0 Å². The van der Waals surface area contributed by atoms with E-state index in [9.17, 15) is 4.79 Å². The number of nitrogens with zero attached hydrogens (tertiary/aromatic N) is 1. The lowest BCUT2D eigenvalue weighted by Gasteiger charge is -1.97. The number of hydrogen-bond donors (Lipinski definition) is 0. The average molecular weight is 165 g/mol. The summed E-state index contributed by atoms with van der Waals surface area (Å²) in [4.78, 5) is 10.6. The third kappa shape index (κ3) is 6.64. The third-order valence-electron chi connectivity index (χ3n) is 1.14. The molecule has 0 aromatic carbocycles. The van der Waals surface area contributed by atoms with Crippen molar-refractivity contribution in [3.63, 3.8) is 0 Å². The zero-order valence-electron chi connectivity index (χ0n) is 7.09. The standard InChI is InChI=1S/C9H11NO2/c1-2-6-9(11)12-8-5-3-4-7-10/h3-5,8H2,1H3. The molecule has 0 aliphatic carbocycles. The highest BCUT2D eigenvalue weighted by Crippen LogP contribution is 1.93. The first-order chi connectivity index (χ1) is 5.81. The van der Waals surface area contributed by atoms with Crippen LogP contribution in [0.15, 0.2) is 0 Å². The Hall–Kier alpha value is -1.48. The minimum absolute atomic E-state index is 0.356. The Morgan fingerprint density at radius 1 is 1.50 bits per heavy atom. The normalized spacial score (nSPS) is 7.67. The highest BCUT2D eigenvalue weighted by atomic mass is 16.5. The smallest absolute Gasteiger partial charge is 0.384 e. The van der Waals surface area contributed by atoms with Crippen molar-refractivity contribution in [2.24, 2.45) is 0 Å². The minimum Gasteiger partial charge on any atom is -0.456 e. The predicted molar refractivity (Wildman–Crippen MR) is 43.9 cm³/mol. The molecule has 0 saturated heterocycles. The van der Waals surface area contributed by atoms with E-state index in [1.807, 2.05) is 6.07 Å². The summed E-state index contributed by atoms with van der Waals surface area (Å²) >= 11 is 0. The fraction of sp³-hybridized carbons (Fsp3) is 0.556. The van der Waals surface area contributed by atoms with Crippen LogP contribution in [0.1, 0.15) is 26.2 Å². The van der Waals surface area contributed by atoms with Gasteiger partial charge in [0.2, 0.25) is 0 Å². The van der Waals surface area contributed by atoms with Crippen molar-refractivity contribution >= 4 is 5.97 Å². The topological polar surface area (TPSA) is 50.1 Å². The first kappa shape index (κ1) is 10.5. The van der Waals surface area contributed by atoms with Crippen molar-refractivity contribution in [3.05, 3.63) is 0 Å². The van der Waals surface area contributed by atoms with Crippen LogP contribution < -0.4 is 0 Å². The van der Waals surface area contributed by atoms with Gasteiger partial charge in [-0.15, -0.1) is 0 Å². The van der Waals surface area contributed by atoms with Crippen LogP contribution in [0.25, 0.3) is 0 Å². The average Bonchev–Trinajstić information content (AvgIpc) is 2.05. The van der Waals surface area contributed by atoms with Gasteiger partial charge < -0.3 is 4.74 Å². The van der Waals surface area contributed by atoms with Gasteiger partial charge in [0.15, 0.2) is 0 Å². The number of nitriles is 1. The molecular formula is C9H11NO2. The molecule has 0 unspecified atom stereocenters. The summed E-state index contributed by atoms with van der Waals surface area (Å²) in [6.45, 7) is 1.94. The number of carbonyl (C=O) groups excluding carboxylic acids is 1. The van der Waals surface area contributed by atoms with Crippen molar-refractivity contribution in [3.8, 4) is 17.9 Å². The van der Waals surface area contributed by atoms with Gasteiger partial charge in [0, 0.05) is 12.3 Å². The molecule has 0 bridgehead atoms. The number of esters is 1. The molecule has 0 aliphatic heterocycles. The third-order valence-corrected chi connectivity index (χ3v) is 1.14. The van der Waals surface area contributed by atoms with Crippen LogP contribution in [0, 0.1) is 23.2 Å². The van der Waals surface area contributed by atoms with E-state index in [2.05, 4.69) is 11.8 Å². The molecule has 0 amide bonds. The Morgan fingerprint density at radius 3 is 2.83 bits per heavy atom. The van der Waals surface area contributed by atoms with Gasteiger partial charge in [0.05, 0.1) is 12.7 Å². The fourth-order valence-corrected chi connectivity index (χ4v) is 0.609. The van der Waals surface area contributed by atoms with Gasteiger partial charge >= 0.3 is 5.97 Å². The van der Waals surface area contributed by atoms with E-state index >= 15 is 0 Å². The molecule has 0 N–H and O–H groups in total. The van der Waals surface area contributed by atoms with Crippen LogP contribution in [-0.2, 0) is 9.53 Å². The molecule has 0 aromatic rings. The van der Waals surface area contributed by atoms with Crippen molar-refractivity contribution < 1.29 is 9.53 Å². The van der Waals surface area contributed by atoms with Gasteiger partial charge in [-0.1, -0.05) is 5.92 Å². The van der Waals surface area contributed by atoms with E-state index in [0.717, 1.165) is 12.8 Å².